The van der Waals surface area contributed by atoms with Crippen LogP contribution >= 0.6 is 0 Å². The number of ether oxygens (including phenoxy) is 3. The minimum Gasteiger partial charge on any atom is -0.503 e. The lowest BCUT2D eigenvalue weighted by Crippen LogP contribution is -2.02. The van der Waals surface area contributed by atoms with Crippen LogP contribution in [0.15, 0.2) is 79.1 Å². The molecule has 0 saturated carbocycles. The van der Waals surface area contributed by atoms with Gasteiger partial charge in [0, 0.05) is 5.56 Å². The Bertz CT molecular complexity index is 1030. The number of hydrogen-bond acceptors (Lipinski definition) is 4. The lowest BCUT2D eigenvalue weighted by molar-refractivity contribution is -0.130. The molecular weight excluding hydrogens is 375 g/mol. The number of benzene rings is 3. The average molecular weight is 394 g/mol. The van der Waals surface area contributed by atoms with E-state index in [1.165, 1.54) is 13.2 Å². The van der Waals surface area contributed by atoms with Crippen molar-refractivity contribution in [3.8, 4) is 17.2 Å². The lowest BCUT2D eigenvalue weighted by Gasteiger charge is -2.13. The Morgan fingerprint density at radius 1 is 1.00 bits per heavy atom. The number of carboxylic acid groups (broad SMARTS) is 1. The Hall–Kier alpha value is -3.80. The summed E-state index contributed by atoms with van der Waals surface area (Å²) in [6.07, 6.45) is 1.16. The molecule has 0 atom stereocenters. The first-order valence-corrected chi connectivity index (χ1v) is 8.78. The second-order valence-electron chi connectivity index (χ2n) is 6.04. The van der Waals surface area contributed by atoms with Crippen LogP contribution in [0.1, 0.15) is 11.1 Å². The second-order valence-corrected chi connectivity index (χ2v) is 6.04. The Kier molecular flexibility index (Phi) is 6.47. The highest BCUT2D eigenvalue weighted by molar-refractivity contribution is 6.15. The lowest BCUT2D eigenvalue weighted by atomic mass is 10.1. The monoisotopic (exact) mass is 394 g/mol. The van der Waals surface area contributed by atoms with Gasteiger partial charge in [-0.3, -0.25) is 0 Å². The minimum atomic E-state index is -1.13. The van der Waals surface area contributed by atoms with Crippen LogP contribution in [0.4, 0.5) is 4.39 Å². The number of methoxy groups -OCH3 is 1. The molecule has 3 aromatic carbocycles. The zero-order valence-corrected chi connectivity index (χ0v) is 15.7. The van der Waals surface area contributed by atoms with Gasteiger partial charge in [-0.2, -0.15) is 0 Å². The molecule has 0 aliphatic rings. The predicted octanol–water partition coefficient (Wildman–Crippen LogP) is 5.27. The molecule has 3 rings (SSSR count). The largest absolute Gasteiger partial charge is 0.503 e. The summed E-state index contributed by atoms with van der Waals surface area (Å²) in [4.78, 5) is 11.5. The van der Waals surface area contributed by atoms with Gasteiger partial charge in [0.25, 0.3) is 0 Å². The van der Waals surface area contributed by atoms with Crippen molar-refractivity contribution < 1.29 is 28.5 Å². The molecular formula is C23H19FO5. The van der Waals surface area contributed by atoms with Crippen LogP contribution in [0.25, 0.3) is 5.57 Å². The van der Waals surface area contributed by atoms with Crippen LogP contribution < -0.4 is 9.47 Å². The predicted molar refractivity (Wildman–Crippen MR) is 106 cm³/mol. The van der Waals surface area contributed by atoms with E-state index in [0.29, 0.717) is 17.1 Å². The average Bonchev–Trinajstić information content (AvgIpc) is 2.72. The number of halogens is 1. The summed E-state index contributed by atoms with van der Waals surface area (Å²) in [5.41, 5.74) is 1.13. The molecule has 148 valence electrons. The second kappa shape index (κ2) is 9.41. The maximum atomic E-state index is 13.7. The molecule has 0 aromatic heterocycles. The number of aliphatic carboxylic acids is 1. The van der Waals surface area contributed by atoms with Crippen LogP contribution in [-0.2, 0) is 16.1 Å². The van der Waals surface area contributed by atoms with Gasteiger partial charge in [-0.1, -0.05) is 42.5 Å². The van der Waals surface area contributed by atoms with Gasteiger partial charge < -0.3 is 19.3 Å². The van der Waals surface area contributed by atoms with Crippen LogP contribution in [0, 0.1) is 5.82 Å². The number of rotatable bonds is 8. The summed E-state index contributed by atoms with van der Waals surface area (Å²) in [6, 6.07) is 20.0. The first kappa shape index (κ1) is 19.9. The minimum absolute atomic E-state index is 0.0258. The first-order valence-electron chi connectivity index (χ1n) is 8.78. The van der Waals surface area contributed by atoms with Gasteiger partial charge in [0.1, 0.15) is 23.7 Å². The summed E-state index contributed by atoms with van der Waals surface area (Å²) in [6.45, 7) is 0.156. The molecule has 3 aromatic rings. The molecule has 0 heterocycles. The van der Waals surface area contributed by atoms with E-state index in [2.05, 4.69) is 0 Å². The van der Waals surface area contributed by atoms with E-state index in [9.17, 15) is 14.3 Å². The molecule has 0 saturated heterocycles. The van der Waals surface area contributed by atoms with Crippen LogP contribution in [0.2, 0.25) is 0 Å². The van der Waals surface area contributed by atoms with Gasteiger partial charge in [0.05, 0.1) is 13.4 Å². The molecule has 0 spiro atoms. The highest BCUT2D eigenvalue weighted by Crippen LogP contribution is 2.31. The summed E-state index contributed by atoms with van der Waals surface area (Å²) in [5.74, 6) is -0.533. The van der Waals surface area contributed by atoms with Gasteiger partial charge in [-0.15, -0.1) is 0 Å². The Labute approximate surface area is 167 Å². The van der Waals surface area contributed by atoms with E-state index >= 15 is 0 Å². The van der Waals surface area contributed by atoms with E-state index < -0.39 is 11.8 Å². The number of carbonyl (C=O) groups is 1. The fourth-order valence-electron chi connectivity index (χ4n) is 2.67. The van der Waals surface area contributed by atoms with Gasteiger partial charge in [0.2, 0.25) is 0 Å². The normalized spacial score (nSPS) is 11.0. The zero-order valence-electron chi connectivity index (χ0n) is 15.7. The quantitative estimate of drug-likeness (QED) is 0.417. The Morgan fingerprint density at radius 3 is 2.45 bits per heavy atom. The van der Waals surface area contributed by atoms with Gasteiger partial charge >= 0.3 is 5.97 Å². The number of hydrogen-bond donors (Lipinski definition) is 1. The standard InChI is InChI=1S/C23H19FO5/c1-27-15-19(23(25)26)18-9-2-4-11-21(18)29-17-8-6-7-16(13-17)14-28-22-12-5-3-10-20(22)24/h2-13,15H,14H2,1H3,(H,25,26)/b19-15+. The molecule has 0 amide bonds. The van der Waals surface area contributed by atoms with Crippen LogP contribution in [0.5, 0.6) is 17.2 Å². The molecule has 0 unspecified atom stereocenters. The first-order chi connectivity index (χ1) is 14.1. The highest BCUT2D eigenvalue weighted by Gasteiger charge is 2.16. The molecule has 6 heteroatoms. The topological polar surface area (TPSA) is 65.0 Å². The zero-order chi connectivity index (χ0) is 20.6. The van der Waals surface area contributed by atoms with E-state index in [1.54, 1.807) is 60.7 Å². The van der Waals surface area contributed by atoms with E-state index in [4.69, 9.17) is 14.2 Å². The van der Waals surface area contributed by atoms with Crippen molar-refractivity contribution in [1.82, 2.24) is 0 Å². The van der Waals surface area contributed by atoms with Gasteiger partial charge in [0.15, 0.2) is 11.6 Å². The maximum absolute atomic E-state index is 13.7. The van der Waals surface area contributed by atoms with Crippen LogP contribution in [0.3, 0.4) is 0 Å². The van der Waals surface area contributed by atoms with Crippen molar-refractivity contribution >= 4 is 11.5 Å². The molecule has 0 fully saturated rings. The molecule has 1 N–H and O–H groups in total. The summed E-state index contributed by atoms with van der Waals surface area (Å²) in [5, 5.41) is 9.44. The smallest absolute Gasteiger partial charge is 0.339 e. The van der Waals surface area contributed by atoms with E-state index in [1.807, 2.05) is 6.07 Å². The molecule has 0 bridgehead atoms. The fourth-order valence-corrected chi connectivity index (χ4v) is 2.67. The summed E-state index contributed by atoms with van der Waals surface area (Å²) >= 11 is 0. The highest BCUT2D eigenvalue weighted by atomic mass is 19.1. The number of para-hydroxylation sites is 2. The fraction of sp³-hybridized carbons (Fsp3) is 0.0870. The van der Waals surface area contributed by atoms with Gasteiger partial charge in [-0.05, 0) is 35.9 Å². The molecule has 0 aliphatic carbocycles. The molecule has 5 nitrogen and oxygen atoms in total. The van der Waals surface area contributed by atoms with Crippen molar-refractivity contribution in [3.63, 3.8) is 0 Å². The Morgan fingerprint density at radius 2 is 1.72 bits per heavy atom. The van der Waals surface area contributed by atoms with Crippen molar-refractivity contribution in [2.45, 2.75) is 6.61 Å². The third-order valence-corrected chi connectivity index (χ3v) is 4.00. The van der Waals surface area contributed by atoms with E-state index in [-0.39, 0.29) is 17.9 Å². The Balaban J connectivity index is 1.80. The summed E-state index contributed by atoms with van der Waals surface area (Å²) in [7, 11) is 1.38. The number of carboxylic acids is 1. The third kappa shape index (κ3) is 5.13. The van der Waals surface area contributed by atoms with Crippen molar-refractivity contribution in [2.24, 2.45) is 0 Å². The van der Waals surface area contributed by atoms with Crippen molar-refractivity contribution in [3.05, 3.63) is 96.0 Å². The van der Waals surface area contributed by atoms with Gasteiger partial charge in [-0.25, -0.2) is 9.18 Å². The van der Waals surface area contributed by atoms with Crippen molar-refractivity contribution in [2.75, 3.05) is 7.11 Å². The third-order valence-electron chi connectivity index (χ3n) is 4.00. The van der Waals surface area contributed by atoms with Crippen LogP contribution in [-0.4, -0.2) is 18.2 Å². The maximum Gasteiger partial charge on any atom is 0.339 e. The van der Waals surface area contributed by atoms with E-state index in [0.717, 1.165) is 11.8 Å². The molecule has 0 radical (unpaired) electrons. The molecule has 29 heavy (non-hydrogen) atoms. The molecule has 0 aliphatic heterocycles. The summed E-state index contributed by atoms with van der Waals surface area (Å²) < 4.78 is 30.0. The van der Waals surface area contributed by atoms with Crippen molar-refractivity contribution in [1.29, 1.82) is 0 Å². The SMILES string of the molecule is CO/C=C(/C(=O)O)c1ccccc1Oc1cccc(COc2ccccc2F)c1.